The molecule has 4 rings (SSSR count). The zero-order chi connectivity index (χ0) is 18.8. The van der Waals surface area contributed by atoms with Gasteiger partial charge in [0.2, 0.25) is 5.91 Å². The number of aryl methyl sites for hydroxylation is 2. The van der Waals surface area contributed by atoms with Gasteiger partial charge in [-0.3, -0.25) is 9.69 Å². The number of carbonyl (C=O) groups excluding carboxylic acids is 1. The van der Waals surface area contributed by atoms with E-state index in [0.29, 0.717) is 12.5 Å². The number of aromatic nitrogens is 2. The third-order valence-electron chi connectivity index (χ3n) is 5.42. The number of rotatable bonds is 4. The molecule has 1 fully saturated rings. The summed E-state index contributed by atoms with van der Waals surface area (Å²) in [5, 5.41) is 3.06. The number of nitrogens with one attached hydrogen (secondary N) is 2. The van der Waals surface area contributed by atoms with Crippen LogP contribution in [0.25, 0.3) is 11.0 Å². The second-order valence-corrected chi connectivity index (χ2v) is 7.56. The van der Waals surface area contributed by atoms with Crippen LogP contribution >= 0.6 is 0 Å². The molecule has 140 valence electrons. The van der Waals surface area contributed by atoms with Gasteiger partial charge in [0.25, 0.3) is 0 Å². The third kappa shape index (κ3) is 4.03. The zero-order valence-electron chi connectivity index (χ0n) is 16.0. The van der Waals surface area contributed by atoms with E-state index < -0.39 is 0 Å². The normalized spacial score (nSPS) is 15.9. The van der Waals surface area contributed by atoms with Crippen molar-refractivity contribution >= 4 is 22.6 Å². The first-order valence-corrected chi connectivity index (χ1v) is 9.62. The van der Waals surface area contributed by atoms with Crippen LogP contribution in [0.3, 0.4) is 0 Å². The van der Waals surface area contributed by atoms with Gasteiger partial charge in [-0.05, 0) is 69.1 Å². The van der Waals surface area contributed by atoms with Gasteiger partial charge in [0, 0.05) is 11.6 Å². The molecule has 0 radical (unpaired) electrons. The van der Waals surface area contributed by atoms with E-state index >= 15 is 0 Å². The van der Waals surface area contributed by atoms with Crippen molar-refractivity contribution in [2.75, 3.05) is 25.0 Å². The van der Waals surface area contributed by atoms with Gasteiger partial charge in [-0.25, -0.2) is 4.98 Å². The Morgan fingerprint density at radius 1 is 1.19 bits per heavy atom. The van der Waals surface area contributed by atoms with Crippen LogP contribution in [0.15, 0.2) is 42.5 Å². The summed E-state index contributed by atoms with van der Waals surface area (Å²) in [4.78, 5) is 22.9. The largest absolute Gasteiger partial charge is 0.342 e. The van der Waals surface area contributed by atoms with Gasteiger partial charge in [-0.1, -0.05) is 24.3 Å². The first kappa shape index (κ1) is 17.7. The number of likely N-dealkylation sites (tertiary alicyclic amines) is 1. The van der Waals surface area contributed by atoms with E-state index in [4.69, 9.17) is 4.98 Å². The molecule has 2 aromatic carbocycles. The molecule has 1 aliphatic heterocycles. The van der Waals surface area contributed by atoms with E-state index in [1.807, 2.05) is 44.2 Å². The van der Waals surface area contributed by atoms with Gasteiger partial charge < -0.3 is 10.3 Å². The molecule has 1 saturated heterocycles. The Balaban J connectivity index is 1.32. The van der Waals surface area contributed by atoms with Gasteiger partial charge in [-0.15, -0.1) is 0 Å². The Morgan fingerprint density at radius 3 is 2.74 bits per heavy atom. The number of amides is 1. The molecule has 0 unspecified atom stereocenters. The molecule has 2 N–H and O–H groups in total. The molecule has 0 bridgehead atoms. The number of hydrogen-bond acceptors (Lipinski definition) is 3. The van der Waals surface area contributed by atoms with Crippen LogP contribution in [-0.2, 0) is 4.79 Å². The Labute approximate surface area is 159 Å². The van der Waals surface area contributed by atoms with E-state index in [1.54, 1.807) is 0 Å². The topological polar surface area (TPSA) is 61.0 Å². The van der Waals surface area contributed by atoms with Crippen molar-refractivity contribution in [3.8, 4) is 0 Å². The number of H-pyrrole nitrogens is 1. The number of benzene rings is 2. The van der Waals surface area contributed by atoms with Crippen molar-refractivity contribution < 1.29 is 4.79 Å². The van der Waals surface area contributed by atoms with E-state index in [1.165, 1.54) is 0 Å². The summed E-state index contributed by atoms with van der Waals surface area (Å²) in [7, 11) is 0. The van der Waals surface area contributed by atoms with Gasteiger partial charge in [-0.2, -0.15) is 0 Å². The first-order chi connectivity index (χ1) is 13.1. The van der Waals surface area contributed by atoms with Crippen LogP contribution < -0.4 is 5.32 Å². The average molecular weight is 362 g/mol. The number of hydrogen-bond donors (Lipinski definition) is 2. The van der Waals surface area contributed by atoms with Crippen molar-refractivity contribution in [2.45, 2.75) is 32.6 Å². The minimum atomic E-state index is 0.0610. The Morgan fingerprint density at radius 2 is 1.96 bits per heavy atom. The van der Waals surface area contributed by atoms with E-state index in [-0.39, 0.29) is 5.91 Å². The zero-order valence-corrected chi connectivity index (χ0v) is 16.0. The minimum absolute atomic E-state index is 0.0610. The molecule has 5 heteroatoms. The summed E-state index contributed by atoms with van der Waals surface area (Å²) in [6.45, 7) is 6.34. The predicted molar refractivity (Wildman–Crippen MR) is 109 cm³/mol. The fraction of sp³-hybridized carbons (Fsp3) is 0.364. The second-order valence-electron chi connectivity index (χ2n) is 7.56. The highest BCUT2D eigenvalue weighted by Gasteiger charge is 2.24. The van der Waals surface area contributed by atoms with Crippen molar-refractivity contribution in [1.29, 1.82) is 0 Å². The van der Waals surface area contributed by atoms with Crippen molar-refractivity contribution in [2.24, 2.45) is 0 Å². The SMILES string of the molecule is Cc1ccc(C)c(NC(=O)CN2CCC(c3nc4ccccc4[nH]3)CC2)c1. The fourth-order valence-corrected chi connectivity index (χ4v) is 3.79. The number of fused-ring (bicyclic) bond motifs is 1. The molecular formula is C22H26N4O. The summed E-state index contributed by atoms with van der Waals surface area (Å²) >= 11 is 0. The standard InChI is InChI=1S/C22H26N4O/c1-15-7-8-16(2)20(13-15)23-21(27)14-26-11-9-17(10-12-26)22-24-18-5-3-4-6-19(18)25-22/h3-8,13,17H,9-12,14H2,1-2H3,(H,23,27)(H,24,25). The Bertz CT molecular complexity index is 921. The highest BCUT2D eigenvalue weighted by Crippen LogP contribution is 2.27. The molecule has 0 saturated carbocycles. The van der Waals surface area contributed by atoms with Gasteiger partial charge >= 0.3 is 0 Å². The van der Waals surface area contributed by atoms with Crippen LogP contribution in [0, 0.1) is 13.8 Å². The quantitative estimate of drug-likeness (QED) is 0.737. The lowest BCUT2D eigenvalue weighted by Gasteiger charge is -2.30. The number of imidazole rings is 1. The number of para-hydroxylation sites is 2. The molecule has 1 aliphatic rings. The van der Waals surface area contributed by atoms with Crippen molar-refractivity contribution in [3.63, 3.8) is 0 Å². The maximum absolute atomic E-state index is 12.4. The predicted octanol–water partition coefficient (Wildman–Crippen LogP) is 4.00. The summed E-state index contributed by atoms with van der Waals surface area (Å²) in [5.41, 5.74) is 5.29. The Hall–Kier alpha value is -2.66. The summed E-state index contributed by atoms with van der Waals surface area (Å²) < 4.78 is 0. The molecule has 0 aliphatic carbocycles. The van der Waals surface area contributed by atoms with Gasteiger partial charge in [0.1, 0.15) is 5.82 Å². The van der Waals surface area contributed by atoms with E-state index in [9.17, 15) is 4.79 Å². The van der Waals surface area contributed by atoms with Crippen molar-refractivity contribution in [1.82, 2.24) is 14.9 Å². The van der Waals surface area contributed by atoms with Crippen molar-refractivity contribution in [3.05, 3.63) is 59.4 Å². The molecule has 1 amide bonds. The summed E-state index contributed by atoms with van der Waals surface area (Å²) in [6.07, 6.45) is 2.05. The minimum Gasteiger partial charge on any atom is -0.342 e. The molecule has 0 atom stereocenters. The van der Waals surface area contributed by atoms with Crippen LogP contribution in [0.2, 0.25) is 0 Å². The maximum atomic E-state index is 12.4. The smallest absolute Gasteiger partial charge is 0.238 e. The average Bonchev–Trinajstić information content (AvgIpc) is 3.09. The highest BCUT2D eigenvalue weighted by atomic mass is 16.2. The Kier molecular flexibility index (Phi) is 4.94. The third-order valence-corrected chi connectivity index (χ3v) is 5.42. The monoisotopic (exact) mass is 362 g/mol. The molecule has 5 nitrogen and oxygen atoms in total. The van der Waals surface area contributed by atoms with Crippen LogP contribution in [0.5, 0.6) is 0 Å². The lowest BCUT2D eigenvalue weighted by molar-refractivity contribution is -0.117. The van der Waals surface area contributed by atoms with Crippen LogP contribution in [0.4, 0.5) is 5.69 Å². The van der Waals surface area contributed by atoms with E-state index in [0.717, 1.165) is 59.6 Å². The van der Waals surface area contributed by atoms with E-state index in [2.05, 4.69) is 27.3 Å². The molecular weight excluding hydrogens is 336 g/mol. The summed E-state index contributed by atoms with van der Waals surface area (Å²) in [5.74, 6) is 1.58. The molecule has 2 heterocycles. The number of carbonyl (C=O) groups is 1. The van der Waals surface area contributed by atoms with Crippen LogP contribution in [0.1, 0.15) is 35.7 Å². The lowest BCUT2D eigenvalue weighted by atomic mass is 9.96. The van der Waals surface area contributed by atoms with Gasteiger partial charge in [0.15, 0.2) is 0 Å². The first-order valence-electron chi connectivity index (χ1n) is 9.62. The number of nitrogens with zero attached hydrogens (tertiary/aromatic N) is 2. The second kappa shape index (κ2) is 7.53. The lowest BCUT2D eigenvalue weighted by Crippen LogP contribution is -2.39. The molecule has 27 heavy (non-hydrogen) atoms. The van der Waals surface area contributed by atoms with Gasteiger partial charge in [0.05, 0.1) is 17.6 Å². The summed E-state index contributed by atoms with van der Waals surface area (Å²) in [6, 6.07) is 14.3. The molecule has 0 spiro atoms. The molecule has 1 aromatic heterocycles. The highest BCUT2D eigenvalue weighted by molar-refractivity contribution is 5.93. The molecule has 3 aromatic rings. The van der Waals surface area contributed by atoms with Crippen LogP contribution in [-0.4, -0.2) is 40.4 Å². The number of anilines is 1. The number of piperidine rings is 1. The number of aromatic amines is 1. The maximum Gasteiger partial charge on any atom is 0.238 e. The fourth-order valence-electron chi connectivity index (χ4n) is 3.79.